The third-order valence-corrected chi connectivity index (χ3v) is 5.04. The number of hydrogen-bond donors (Lipinski definition) is 2. The molecule has 0 radical (unpaired) electrons. The van der Waals surface area contributed by atoms with E-state index in [1.165, 1.54) is 6.20 Å². The van der Waals surface area contributed by atoms with Crippen LogP contribution >= 0.6 is 11.6 Å². The summed E-state index contributed by atoms with van der Waals surface area (Å²) in [5.41, 5.74) is 1.59. The molecule has 31 heavy (non-hydrogen) atoms. The lowest BCUT2D eigenvalue weighted by atomic mass is 10.1. The number of pyridine rings is 1. The Morgan fingerprint density at radius 1 is 1.13 bits per heavy atom. The number of amides is 1. The summed E-state index contributed by atoms with van der Waals surface area (Å²) in [5, 5.41) is 22.5. The van der Waals surface area contributed by atoms with E-state index < -0.39 is 5.91 Å². The van der Waals surface area contributed by atoms with Gasteiger partial charge < -0.3 is 15.2 Å². The fourth-order valence-electron chi connectivity index (χ4n) is 3.00. The zero-order valence-electron chi connectivity index (χ0n) is 16.4. The van der Waals surface area contributed by atoms with Crippen LogP contribution in [0.3, 0.4) is 0 Å². The van der Waals surface area contributed by atoms with Gasteiger partial charge >= 0.3 is 0 Å². The Morgan fingerprint density at radius 2 is 1.87 bits per heavy atom. The molecule has 4 rings (SSSR count). The minimum atomic E-state index is -0.645. The lowest BCUT2D eigenvalue weighted by Crippen LogP contribution is -2.16. The monoisotopic (exact) mass is 431 g/mol. The van der Waals surface area contributed by atoms with Crippen molar-refractivity contribution in [3.8, 4) is 28.8 Å². The van der Waals surface area contributed by atoms with Crippen LogP contribution in [-0.2, 0) is 4.79 Å². The van der Waals surface area contributed by atoms with E-state index in [-0.39, 0.29) is 17.3 Å². The lowest BCUT2D eigenvalue weighted by Gasteiger charge is -2.11. The van der Waals surface area contributed by atoms with E-state index in [2.05, 4.69) is 10.3 Å². The lowest BCUT2D eigenvalue weighted by molar-refractivity contribution is -0.112. The van der Waals surface area contributed by atoms with E-state index in [9.17, 15) is 15.2 Å². The van der Waals surface area contributed by atoms with Gasteiger partial charge in [0, 0.05) is 16.5 Å². The van der Waals surface area contributed by atoms with E-state index in [0.717, 1.165) is 18.4 Å². The van der Waals surface area contributed by atoms with Crippen LogP contribution in [-0.4, -0.2) is 16.0 Å². The van der Waals surface area contributed by atoms with E-state index in [4.69, 9.17) is 16.3 Å². The highest BCUT2D eigenvalue weighted by Gasteiger charge is 2.30. The number of carbonyl (C=O) groups is 1. The van der Waals surface area contributed by atoms with Gasteiger partial charge in [-0.2, -0.15) is 5.26 Å². The molecule has 2 aromatic carbocycles. The number of carbonyl (C=O) groups excluding carboxylic acids is 1. The molecule has 3 aromatic rings. The number of benzene rings is 2. The van der Waals surface area contributed by atoms with Gasteiger partial charge in [0.15, 0.2) is 5.57 Å². The van der Waals surface area contributed by atoms with E-state index >= 15 is 0 Å². The predicted octanol–water partition coefficient (Wildman–Crippen LogP) is 5.88. The van der Waals surface area contributed by atoms with Crippen LogP contribution in [0.25, 0.3) is 11.3 Å². The maximum atomic E-state index is 12.3. The molecule has 6 nitrogen and oxygen atoms in total. The molecule has 1 saturated carbocycles. The quantitative estimate of drug-likeness (QED) is 0.288. The number of aliphatic hydroxyl groups excluding tert-OH is 1. The molecule has 1 aromatic heterocycles. The first kappa shape index (κ1) is 20.5. The van der Waals surface area contributed by atoms with Crippen molar-refractivity contribution >= 4 is 23.2 Å². The van der Waals surface area contributed by atoms with Crippen molar-refractivity contribution in [1.29, 1.82) is 5.26 Å². The highest BCUT2D eigenvalue weighted by molar-refractivity contribution is 6.30. The Balaban J connectivity index is 1.52. The molecule has 7 heteroatoms. The first-order chi connectivity index (χ1) is 15.0. The molecule has 0 spiro atoms. The number of allylic oxidation sites excluding steroid dienone is 1. The third-order valence-electron chi connectivity index (χ3n) is 4.78. The first-order valence-corrected chi connectivity index (χ1v) is 10.1. The number of para-hydroxylation sites is 1. The molecular formula is C24H18ClN3O3. The molecule has 1 heterocycles. The zero-order valence-corrected chi connectivity index (χ0v) is 17.1. The molecule has 1 fully saturated rings. The summed E-state index contributed by atoms with van der Waals surface area (Å²) in [7, 11) is 0. The molecule has 2 N–H and O–H groups in total. The van der Waals surface area contributed by atoms with Gasteiger partial charge in [-0.25, -0.2) is 0 Å². The molecule has 154 valence electrons. The second-order valence-electron chi connectivity index (χ2n) is 7.08. The zero-order chi connectivity index (χ0) is 21.8. The second kappa shape index (κ2) is 8.90. The number of aromatic nitrogens is 1. The average molecular weight is 432 g/mol. The Morgan fingerprint density at radius 3 is 2.52 bits per heavy atom. The number of nitrogens with one attached hydrogen (secondary N) is 1. The molecule has 1 aliphatic rings. The van der Waals surface area contributed by atoms with E-state index in [0.29, 0.717) is 27.9 Å². The highest BCUT2D eigenvalue weighted by Crippen LogP contribution is 2.36. The maximum Gasteiger partial charge on any atom is 0.269 e. The first-order valence-electron chi connectivity index (χ1n) is 9.68. The summed E-state index contributed by atoms with van der Waals surface area (Å²) >= 11 is 5.93. The van der Waals surface area contributed by atoms with E-state index in [1.54, 1.807) is 42.5 Å². The van der Waals surface area contributed by atoms with Crippen LogP contribution in [0, 0.1) is 17.2 Å². The minimum Gasteiger partial charge on any atom is -0.510 e. The van der Waals surface area contributed by atoms with E-state index in [1.807, 2.05) is 24.3 Å². The summed E-state index contributed by atoms with van der Waals surface area (Å²) < 4.78 is 5.98. The standard InChI is InChI=1S/C24H18ClN3O3/c25-16-7-10-18(11-8-16)31-22-4-2-1-3-19(22)21-12-9-17(14-27-21)28-24(30)20(13-26)23(29)15-5-6-15/h1-4,7-12,14-15,29H,5-6H2,(H,28,30)/b23-20-. The number of anilines is 1. The third kappa shape index (κ3) is 4.85. The van der Waals surface area contributed by atoms with Gasteiger partial charge in [-0.15, -0.1) is 0 Å². The Hall–Kier alpha value is -3.82. The van der Waals surface area contributed by atoms with Crippen molar-refractivity contribution in [3.05, 3.63) is 83.2 Å². The van der Waals surface area contributed by atoms with Crippen LogP contribution in [0.15, 0.2) is 78.2 Å². The van der Waals surface area contributed by atoms with Gasteiger partial charge in [-0.1, -0.05) is 23.7 Å². The number of rotatable bonds is 6. The van der Waals surface area contributed by atoms with Crippen molar-refractivity contribution < 1.29 is 14.6 Å². The molecule has 0 saturated heterocycles. The molecule has 1 aliphatic carbocycles. The molecule has 1 amide bonds. The van der Waals surface area contributed by atoms with Crippen molar-refractivity contribution in [1.82, 2.24) is 4.98 Å². The van der Waals surface area contributed by atoms with Crippen molar-refractivity contribution in [2.24, 2.45) is 5.92 Å². The normalized spacial score (nSPS) is 13.7. The second-order valence-corrected chi connectivity index (χ2v) is 7.52. The Bertz CT molecular complexity index is 1180. The van der Waals surface area contributed by atoms with Crippen molar-refractivity contribution in [2.45, 2.75) is 12.8 Å². The van der Waals surface area contributed by atoms with Crippen LogP contribution in [0.2, 0.25) is 5.02 Å². The van der Waals surface area contributed by atoms with Gasteiger partial charge in [0.25, 0.3) is 5.91 Å². The number of hydrogen-bond acceptors (Lipinski definition) is 5. The van der Waals surface area contributed by atoms with Gasteiger partial charge in [-0.3, -0.25) is 9.78 Å². The number of ether oxygens (including phenoxy) is 1. The van der Waals surface area contributed by atoms with Crippen molar-refractivity contribution in [2.75, 3.05) is 5.32 Å². The topological polar surface area (TPSA) is 95.2 Å². The minimum absolute atomic E-state index is 0.0851. The Labute approximate surface area is 184 Å². The molecule has 0 atom stereocenters. The number of aliphatic hydroxyl groups is 1. The highest BCUT2D eigenvalue weighted by atomic mass is 35.5. The summed E-state index contributed by atoms with van der Waals surface area (Å²) in [4.78, 5) is 16.8. The van der Waals surface area contributed by atoms with Gasteiger partial charge in [-0.05, 0) is 61.4 Å². The summed E-state index contributed by atoms with van der Waals surface area (Å²) in [5.74, 6) is 0.397. The summed E-state index contributed by atoms with van der Waals surface area (Å²) in [6, 6.07) is 19.7. The maximum absolute atomic E-state index is 12.3. The fraction of sp³-hybridized carbons (Fsp3) is 0.125. The molecule has 0 unspecified atom stereocenters. The SMILES string of the molecule is N#C/C(C(=O)Nc1ccc(-c2ccccc2Oc2ccc(Cl)cc2)nc1)=C(/O)C1CC1. The number of nitriles is 1. The van der Waals surface area contributed by atoms with Gasteiger partial charge in [0.2, 0.25) is 0 Å². The van der Waals surface area contributed by atoms with Gasteiger partial charge in [0.1, 0.15) is 23.3 Å². The predicted molar refractivity (Wildman–Crippen MR) is 118 cm³/mol. The van der Waals surface area contributed by atoms with Crippen LogP contribution in [0.5, 0.6) is 11.5 Å². The number of halogens is 1. The summed E-state index contributed by atoms with van der Waals surface area (Å²) in [6.45, 7) is 0. The van der Waals surface area contributed by atoms with Crippen LogP contribution in [0.4, 0.5) is 5.69 Å². The Kier molecular flexibility index (Phi) is 5.87. The van der Waals surface area contributed by atoms with Crippen LogP contribution < -0.4 is 10.1 Å². The largest absolute Gasteiger partial charge is 0.510 e. The number of nitrogens with zero attached hydrogens (tertiary/aromatic N) is 2. The average Bonchev–Trinajstić information content (AvgIpc) is 3.62. The molecular weight excluding hydrogens is 414 g/mol. The summed E-state index contributed by atoms with van der Waals surface area (Å²) in [6.07, 6.45) is 3.07. The smallest absolute Gasteiger partial charge is 0.269 e. The van der Waals surface area contributed by atoms with Crippen LogP contribution in [0.1, 0.15) is 12.8 Å². The molecule has 0 aliphatic heterocycles. The van der Waals surface area contributed by atoms with Gasteiger partial charge in [0.05, 0.1) is 17.6 Å². The fourth-order valence-corrected chi connectivity index (χ4v) is 3.13. The van der Waals surface area contributed by atoms with Crippen molar-refractivity contribution in [3.63, 3.8) is 0 Å². The molecule has 0 bridgehead atoms.